The van der Waals surface area contributed by atoms with Crippen LogP contribution in [-0.4, -0.2) is 61.6 Å². The van der Waals surface area contributed by atoms with Gasteiger partial charge in [0.25, 0.3) is 0 Å². The molecule has 3 atom stereocenters. The number of esters is 3. The monoisotopic (exact) mass is 541 g/mol. The molecule has 208 valence electrons. The fourth-order valence-electron chi connectivity index (χ4n) is 3.14. The Kier molecular flexibility index (Phi) is 9.96. The molecule has 3 unspecified atom stereocenters. The van der Waals surface area contributed by atoms with Gasteiger partial charge in [0.1, 0.15) is 49.5 Å². The minimum absolute atomic E-state index is 0.0403. The van der Waals surface area contributed by atoms with Crippen LogP contribution in [0.3, 0.4) is 0 Å². The minimum Gasteiger partial charge on any atom is -0.803 e. The average molecular weight is 542 g/mol. The lowest BCUT2D eigenvalue weighted by Crippen LogP contribution is -2.42. The number of hydrogen-bond donors (Lipinski definition) is 1. The highest BCUT2D eigenvalue weighted by molar-refractivity contribution is 5.89. The van der Waals surface area contributed by atoms with Crippen molar-refractivity contribution in [1.82, 2.24) is 0 Å². The fraction of sp³-hybridized carbons (Fsp3) is 0.321. The van der Waals surface area contributed by atoms with Crippen molar-refractivity contribution in [3.8, 4) is 11.5 Å². The van der Waals surface area contributed by atoms with E-state index in [1.165, 1.54) is 38.1 Å². The highest BCUT2D eigenvalue weighted by Gasteiger charge is 2.34. The number of rotatable bonds is 12. The van der Waals surface area contributed by atoms with E-state index in [1.54, 1.807) is 24.3 Å². The number of benzene rings is 2. The molecule has 2 aromatic rings. The first-order valence-corrected chi connectivity index (χ1v) is 11.9. The van der Waals surface area contributed by atoms with Crippen molar-refractivity contribution in [3.05, 3.63) is 84.0 Å². The second-order valence-electron chi connectivity index (χ2n) is 8.77. The van der Waals surface area contributed by atoms with Crippen LogP contribution in [-0.2, 0) is 39.2 Å². The number of ether oxygens (including phenoxy) is 6. The molecule has 0 saturated carbocycles. The van der Waals surface area contributed by atoms with E-state index in [1.807, 2.05) is 0 Å². The summed E-state index contributed by atoms with van der Waals surface area (Å²) in [5.74, 6) is -3.33. The van der Waals surface area contributed by atoms with Crippen molar-refractivity contribution in [2.24, 2.45) is 0 Å². The van der Waals surface area contributed by atoms with Gasteiger partial charge in [-0.2, -0.15) is 0 Å². The first kappa shape index (κ1) is 29.5. The zero-order valence-electron chi connectivity index (χ0n) is 21.5. The molecule has 11 heteroatoms. The average Bonchev–Trinajstić information content (AvgIpc) is 3.31. The molecule has 1 N–H and O–H groups in total. The summed E-state index contributed by atoms with van der Waals surface area (Å²) in [7, 11) is 0. The Balaban J connectivity index is 1.48. The fourth-order valence-corrected chi connectivity index (χ4v) is 3.14. The maximum Gasteiger partial charge on any atom is 0.338 e. The lowest BCUT2D eigenvalue weighted by Gasteiger charge is -2.34. The smallest absolute Gasteiger partial charge is 0.338 e. The van der Waals surface area contributed by atoms with Crippen molar-refractivity contribution in [3.63, 3.8) is 0 Å². The number of aliphatic hydroxyl groups excluding tert-OH is 1. The SMILES string of the molecule is C=C(C)C(=O)OCC(O)COC(=O)c1ccc(Oc2ccc(C3([O-])OCC(COC(=O)C(=C)C)O3)cc2)cc1. The third kappa shape index (κ3) is 8.48. The van der Waals surface area contributed by atoms with Gasteiger partial charge in [0, 0.05) is 11.1 Å². The third-order valence-electron chi connectivity index (χ3n) is 5.23. The second-order valence-corrected chi connectivity index (χ2v) is 8.77. The van der Waals surface area contributed by atoms with E-state index < -0.39 is 36.1 Å². The van der Waals surface area contributed by atoms with Gasteiger partial charge in [0.15, 0.2) is 0 Å². The molecule has 1 heterocycles. The van der Waals surface area contributed by atoms with Gasteiger partial charge in [-0.15, -0.1) is 0 Å². The molecule has 39 heavy (non-hydrogen) atoms. The first-order valence-electron chi connectivity index (χ1n) is 11.9. The van der Waals surface area contributed by atoms with Gasteiger partial charge >= 0.3 is 17.9 Å². The van der Waals surface area contributed by atoms with Crippen LogP contribution >= 0.6 is 0 Å². The molecule has 0 spiro atoms. The molecule has 0 bridgehead atoms. The van der Waals surface area contributed by atoms with E-state index in [0.717, 1.165) is 0 Å². The minimum atomic E-state index is -2.25. The van der Waals surface area contributed by atoms with Gasteiger partial charge in [-0.1, -0.05) is 25.3 Å². The molecular weight excluding hydrogens is 512 g/mol. The van der Waals surface area contributed by atoms with E-state index in [9.17, 15) is 24.6 Å². The summed E-state index contributed by atoms with van der Waals surface area (Å²) < 4.78 is 31.3. The highest BCUT2D eigenvalue weighted by atomic mass is 16.9. The number of carbonyl (C=O) groups is 3. The maximum absolute atomic E-state index is 12.9. The topological polar surface area (TPSA) is 150 Å². The summed E-state index contributed by atoms with van der Waals surface area (Å²) >= 11 is 0. The Morgan fingerprint density at radius 3 is 2.08 bits per heavy atom. The zero-order valence-corrected chi connectivity index (χ0v) is 21.5. The van der Waals surface area contributed by atoms with E-state index >= 15 is 0 Å². The Morgan fingerprint density at radius 1 is 0.949 bits per heavy atom. The summed E-state index contributed by atoms with van der Waals surface area (Å²) in [5, 5.41) is 22.7. The summed E-state index contributed by atoms with van der Waals surface area (Å²) in [5.41, 5.74) is 0.856. The van der Waals surface area contributed by atoms with Crippen LogP contribution in [0.1, 0.15) is 29.8 Å². The van der Waals surface area contributed by atoms with Crippen LogP contribution < -0.4 is 9.84 Å². The summed E-state index contributed by atoms with van der Waals surface area (Å²) in [6.07, 6.45) is -1.89. The highest BCUT2D eigenvalue weighted by Crippen LogP contribution is 2.31. The number of hydrogen-bond acceptors (Lipinski definition) is 11. The number of aliphatic hydroxyl groups is 1. The molecule has 0 amide bonds. The van der Waals surface area contributed by atoms with Gasteiger partial charge in [0.2, 0.25) is 0 Å². The van der Waals surface area contributed by atoms with E-state index in [0.29, 0.717) is 11.5 Å². The van der Waals surface area contributed by atoms with Gasteiger partial charge < -0.3 is 38.6 Å². The van der Waals surface area contributed by atoms with Gasteiger partial charge in [-0.25, -0.2) is 14.4 Å². The molecule has 11 nitrogen and oxygen atoms in total. The van der Waals surface area contributed by atoms with Crippen LogP contribution in [0.15, 0.2) is 72.8 Å². The molecular formula is C28H29O11-. The van der Waals surface area contributed by atoms with Crippen LogP contribution in [0.4, 0.5) is 0 Å². The molecule has 0 aliphatic carbocycles. The van der Waals surface area contributed by atoms with E-state index in [-0.39, 0.29) is 48.7 Å². The van der Waals surface area contributed by atoms with Crippen LogP contribution in [0.25, 0.3) is 0 Å². The van der Waals surface area contributed by atoms with Crippen LogP contribution in [0, 0.1) is 0 Å². The van der Waals surface area contributed by atoms with Crippen molar-refractivity contribution in [1.29, 1.82) is 0 Å². The molecule has 3 rings (SSSR count). The van der Waals surface area contributed by atoms with Gasteiger partial charge in [-0.3, -0.25) is 0 Å². The normalized spacial score (nSPS) is 19.0. The lowest BCUT2D eigenvalue weighted by molar-refractivity contribution is -0.629. The molecule has 1 aliphatic heterocycles. The number of carbonyl (C=O) groups excluding carboxylic acids is 3. The zero-order chi connectivity index (χ0) is 28.6. The van der Waals surface area contributed by atoms with E-state index in [2.05, 4.69) is 13.2 Å². The predicted octanol–water partition coefficient (Wildman–Crippen LogP) is 2.12. The quantitative estimate of drug-likeness (QED) is 0.239. The molecule has 0 radical (unpaired) electrons. The largest absolute Gasteiger partial charge is 0.803 e. The van der Waals surface area contributed by atoms with Crippen molar-refractivity contribution in [2.75, 3.05) is 26.4 Å². The van der Waals surface area contributed by atoms with Gasteiger partial charge in [-0.05, 0) is 55.8 Å². The summed E-state index contributed by atoms with van der Waals surface area (Å²) in [4.78, 5) is 35.1. The Labute approximate surface area is 225 Å². The second kappa shape index (κ2) is 13.2. The van der Waals surface area contributed by atoms with E-state index in [4.69, 9.17) is 28.4 Å². The Hall–Kier alpha value is -4.03. The Bertz CT molecular complexity index is 1200. The molecule has 1 fully saturated rings. The molecule has 1 saturated heterocycles. The van der Waals surface area contributed by atoms with Crippen LogP contribution in [0.5, 0.6) is 11.5 Å². The lowest BCUT2D eigenvalue weighted by atomic mass is 10.2. The van der Waals surface area contributed by atoms with Crippen LogP contribution in [0.2, 0.25) is 0 Å². The van der Waals surface area contributed by atoms with Crippen molar-refractivity contribution in [2.45, 2.75) is 32.0 Å². The first-order chi connectivity index (χ1) is 18.5. The predicted molar refractivity (Wildman–Crippen MR) is 133 cm³/mol. The van der Waals surface area contributed by atoms with Gasteiger partial charge in [0.05, 0.1) is 12.2 Å². The Morgan fingerprint density at radius 2 is 1.49 bits per heavy atom. The summed E-state index contributed by atoms with van der Waals surface area (Å²) in [6.45, 7) is 9.05. The molecule has 2 aromatic carbocycles. The summed E-state index contributed by atoms with van der Waals surface area (Å²) in [6, 6.07) is 12.2. The standard InChI is InChI=1S/C28H29O11/c1-17(2)25(30)34-13-21(29)14-35-27(32)19-5-9-22(10-6-19)38-23-11-7-20(8-12-23)28(33)37-16-24(39-28)15-36-26(31)18(3)4/h5-12,21,24,29H,1,3,13-16H2,2,4H3/q-1. The maximum atomic E-state index is 12.9. The third-order valence-corrected chi connectivity index (χ3v) is 5.23. The molecule has 0 aromatic heterocycles. The van der Waals surface area contributed by atoms with Crippen molar-refractivity contribution >= 4 is 17.9 Å². The molecule has 1 aliphatic rings. The van der Waals surface area contributed by atoms with Crippen molar-refractivity contribution < 1.29 is 53.0 Å².